The number of ether oxygens (including phenoxy) is 1. The zero-order valence-corrected chi connectivity index (χ0v) is 10.2. The highest BCUT2D eigenvalue weighted by Gasteiger charge is 2.10. The molecule has 1 atom stereocenters. The van der Waals surface area contributed by atoms with E-state index in [1.54, 1.807) is 7.11 Å². The summed E-state index contributed by atoms with van der Waals surface area (Å²) in [6, 6.07) is 6.43. The van der Waals surface area contributed by atoms with Crippen LogP contribution in [0.1, 0.15) is 30.5 Å². The number of rotatable bonds is 5. The van der Waals surface area contributed by atoms with Gasteiger partial charge in [-0.25, -0.2) is 0 Å². The highest BCUT2D eigenvalue weighted by molar-refractivity contribution is 5.38. The van der Waals surface area contributed by atoms with Crippen molar-refractivity contribution in [3.63, 3.8) is 0 Å². The van der Waals surface area contributed by atoms with E-state index >= 15 is 0 Å². The second kappa shape index (κ2) is 6.19. The fourth-order valence-corrected chi connectivity index (χ4v) is 1.73. The van der Waals surface area contributed by atoms with E-state index in [9.17, 15) is 0 Å². The molecule has 0 saturated heterocycles. The van der Waals surface area contributed by atoms with Gasteiger partial charge in [0.05, 0.1) is 7.11 Å². The Hall–Kier alpha value is -1.46. The Morgan fingerprint density at radius 1 is 1.50 bits per heavy atom. The van der Waals surface area contributed by atoms with E-state index in [4.69, 9.17) is 11.2 Å². The Morgan fingerprint density at radius 3 is 2.81 bits per heavy atom. The van der Waals surface area contributed by atoms with Crippen molar-refractivity contribution < 1.29 is 4.74 Å². The van der Waals surface area contributed by atoms with Crippen molar-refractivity contribution in [2.24, 2.45) is 0 Å². The Balaban J connectivity index is 2.96. The molecule has 1 rings (SSSR count). The van der Waals surface area contributed by atoms with Gasteiger partial charge in [0, 0.05) is 12.5 Å². The number of nitrogens with one attached hydrogen (secondary N) is 1. The van der Waals surface area contributed by atoms with Crippen LogP contribution in [0.15, 0.2) is 18.2 Å². The van der Waals surface area contributed by atoms with Crippen LogP contribution in [-0.4, -0.2) is 13.7 Å². The van der Waals surface area contributed by atoms with Crippen LogP contribution in [-0.2, 0) is 0 Å². The first-order chi connectivity index (χ1) is 7.72. The van der Waals surface area contributed by atoms with Gasteiger partial charge < -0.3 is 10.1 Å². The smallest absolute Gasteiger partial charge is 0.122 e. The summed E-state index contributed by atoms with van der Waals surface area (Å²) in [5.41, 5.74) is 2.32. The average molecular weight is 217 g/mol. The van der Waals surface area contributed by atoms with E-state index in [-0.39, 0.29) is 6.04 Å². The maximum absolute atomic E-state index is 5.38. The van der Waals surface area contributed by atoms with Crippen molar-refractivity contribution in [2.45, 2.75) is 26.3 Å². The molecule has 1 unspecified atom stereocenters. The van der Waals surface area contributed by atoms with Crippen molar-refractivity contribution in [2.75, 3.05) is 13.7 Å². The Labute approximate surface area is 98.0 Å². The molecular weight excluding hydrogens is 198 g/mol. The number of aryl methyl sites for hydroxylation is 1. The van der Waals surface area contributed by atoms with Crippen LogP contribution in [0.3, 0.4) is 0 Å². The largest absolute Gasteiger partial charge is 0.496 e. The lowest BCUT2D eigenvalue weighted by atomic mass is 10.0. The van der Waals surface area contributed by atoms with Gasteiger partial charge in [-0.05, 0) is 30.7 Å². The van der Waals surface area contributed by atoms with Gasteiger partial charge in [-0.15, -0.1) is 12.3 Å². The van der Waals surface area contributed by atoms with Crippen LogP contribution in [0, 0.1) is 19.3 Å². The third-order valence-electron chi connectivity index (χ3n) is 2.61. The van der Waals surface area contributed by atoms with Crippen molar-refractivity contribution in [3.05, 3.63) is 29.3 Å². The van der Waals surface area contributed by atoms with Crippen molar-refractivity contribution >= 4 is 0 Å². The topological polar surface area (TPSA) is 21.3 Å². The molecular formula is C14H19NO. The summed E-state index contributed by atoms with van der Waals surface area (Å²) < 4.78 is 5.31. The SMILES string of the molecule is C#CCC(NCC)c1ccc(C)c(OC)c1. The fourth-order valence-electron chi connectivity index (χ4n) is 1.73. The van der Waals surface area contributed by atoms with Gasteiger partial charge in [-0.1, -0.05) is 19.1 Å². The molecule has 0 amide bonds. The average Bonchev–Trinajstić information content (AvgIpc) is 2.29. The molecule has 0 aliphatic heterocycles. The van der Waals surface area contributed by atoms with Crippen molar-refractivity contribution in [1.82, 2.24) is 5.32 Å². The maximum Gasteiger partial charge on any atom is 0.122 e. The zero-order valence-electron chi connectivity index (χ0n) is 10.2. The first-order valence-corrected chi connectivity index (χ1v) is 5.54. The summed E-state index contributed by atoms with van der Waals surface area (Å²) in [6.07, 6.45) is 6.07. The summed E-state index contributed by atoms with van der Waals surface area (Å²) in [5, 5.41) is 3.37. The van der Waals surface area contributed by atoms with Gasteiger partial charge in [0.25, 0.3) is 0 Å². The van der Waals surface area contributed by atoms with Gasteiger partial charge >= 0.3 is 0 Å². The molecule has 0 heterocycles. The molecule has 2 heteroatoms. The second-order valence-electron chi connectivity index (χ2n) is 3.75. The summed E-state index contributed by atoms with van der Waals surface area (Å²) in [6.45, 7) is 5.02. The molecule has 1 aromatic rings. The zero-order chi connectivity index (χ0) is 12.0. The molecule has 16 heavy (non-hydrogen) atoms. The van der Waals surface area contributed by atoms with E-state index in [1.165, 1.54) is 5.56 Å². The summed E-state index contributed by atoms with van der Waals surface area (Å²) in [4.78, 5) is 0. The molecule has 0 aliphatic carbocycles. The highest BCUT2D eigenvalue weighted by Crippen LogP contribution is 2.24. The van der Waals surface area contributed by atoms with Gasteiger partial charge in [-0.2, -0.15) is 0 Å². The van der Waals surface area contributed by atoms with E-state index in [0.29, 0.717) is 6.42 Å². The molecule has 0 fully saturated rings. The van der Waals surface area contributed by atoms with Crippen LogP contribution in [0.2, 0.25) is 0 Å². The minimum atomic E-state index is 0.212. The first kappa shape index (κ1) is 12.6. The number of methoxy groups -OCH3 is 1. The van der Waals surface area contributed by atoms with E-state index in [2.05, 4.69) is 36.4 Å². The predicted octanol–water partition coefficient (Wildman–Crippen LogP) is 2.68. The van der Waals surface area contributed by atoms with Gasteiger partial charge in [-0.3, -0.25) is 0 Å². The van der Waals surface area contributed by atoms with Gasteiger partial charge in [0.15, 0.2) is 0 Å². The summed E-state index contributed by atoms with van der Waals surface area (Å²) in [5.74, 6) is 3.61. The van der Waals surface area contributed by atoms with E-state index in [1.807, 2.05) is 6.92 Å². The molecule has 0 aliphatic rings. The van der Waals surface area contributed by atoms with Crippen molar-refractivity contribution in [3.8, 4) is 18.1 Å². The lowest BCUT2D eigenvalue weighted by Crippen LogP contribution is -2.20. The molecule has 0 spiro atoms. The quantitative estimate of drug-likeness (QED) is 0.766. The number of terminal acetylenes is 1. The summed E-state index contributed by atoms with van der Waals surface area (Å²) in [7, 11) is 1.69. The lowest BCUT2D eigenvalue weighted by Gasteiger charge is -2.17. The number of hydrogen-bond acceptors (Lipinski definition) is 2. The van der Waals surface area contributed by atoms with Crippen LogP contribution in [0.5, 0.6) is 5.75 Å². The number of benzene rings is 1. The second-order valence-corrected chi connectivity index (χ2v) is 3.75. The van der Waals surface area contributed by atoms with Crippen LogP contribution in [0.25, 0.3) is 0 Å². The Bertz CT molecular complexity index is 379. The molecule has 1 aromatic carbocycles. The third-order valence-corrected chi connectivity index (χ3v) is 2.61. The highest BCUT2D eigenvalue weighted by atomic mass is 16.5. The van der Waals surface area contributed by atoms with E-state index in [0.717, 1.165) is 17.9 Å². The molecule has 1 N–H and O–H groups in total. The Kier molecular flexibility index (Phi) is 4.88. The standard InChI is InChI=1S/C14H19NO/c1-5-7-13(15-6-2)12-9-8-11(3)14(10-12)16-4/h1,8-10,13,15H,6-7H2,2-4H3. The van der Waals surface area contributed by atoms with Crippen LogP contribution < -0.4 is 10.1 Å². The lowest BCUT2D eigenvalue weighted by molar-refractivity contribution is 0.410. The third kappa shape index (κ3) is 3.01. The minimum Gasteiger partial charge on any atom is -0.496 e. The molecule has 0 aromatic heterocycles. The summed E-state index contributed by atoms with van der Waals surface area (Å²) >= 11 is 0. The monoisotopic (exact) mass is 217 g/mol. The molecule has 2 nitrogen and oxygen atoms in total. The molecule has 0 radical (unpaired) electrons. The fraction of sp³-hybridized carbons (Fsp3) is 0.429. The first-order valence-electron chi connectivity index (χ1n) is 5.54. The number of hydrogen-bond donors (Lipinski definition) is 1. The Morgan fingerprint density at radius 2 is 2.25 bits per heavy atom. The molecule has 86 valence electrons. The van der Waals surface area contributed by atoms with E-state index < -0.39 is 0 Å². The van der Waals surface area contributed by atoms with Crippen molar-refractivity contribution in [1.29, 1.82) is 0 Å². The predicted molar refractivity (Wildman–Crippen MR) is 67.6 cm³/mol. The maximum atomic E-state index is 5.38. The van der Waals surface area contributed by atoms with Gasteiger partial charge in [0.1, 0.15) is 5.75 Å². The van der Waals surface area contributed by atoms with Crippen LogP contribution >= 0.6 is 0 Å². The minimum absolute atomic E-state index is 0.212. The molecule has 0 saturated carbocycles. The molecule has 0 bridgehead atoms. The van der Waals surface area contributed by atoms with Gasteiger partial charge in [0.2, 0.25) is 0 Å². The normalized spacial score (nSPS) is 11.9. The van der Waals surface area contributed by atoms with Crippen LogP contribution in [0.4, 0.5) is 0 Å².